The van der Waals surface area contributed by atoms with Gasteiger partial charge in [0, 0.05) is 29.7 Å². The SMILES string of the molecule is CCn1nccc1N=Cc1c(O)[nH]c2cc(-c3ccccc3)ccc12. The Morgan fingerprint density at radius 3 is 2.76 bits per heavy atom. The average Bonchev–Trinajstić information content (AvgIpc) is 3.23. The van der Waals surface area contributed by atoms with E-state index in [4.69, 9.17) is 0 Å². The van der Waals surface area contributed by atoms with Gasteiger partial charge in [-0.15, -0.1) is 0 Å². The first kappa shape index (κ1) is 15.2. The number of fused-ring (bicyclic) bond motifs is 1. The zero-order valence-electron chi connectivity index (χ0n) is 13.8. The van der Waals surface area contributed by atoms with E-state index in [1.807, 2.05) is 43.3 Å². The lowest BCUT2D eigenvalue weighted by molar-refractivity contribution is 0.457. The summed E-state index contributed by atoms with van der Waals surface area (Å²) < 4.78 is 1.80. The molecule has 0 spiro atoms. The molecule has 4 aromatic rings. The quantitative estimate of drug-likeness (QED) is 0.541. The maximum atomic E-state index is 10.3. The van der Waals surface area contributed by atoms with Gasteiger partial charge in [-0.3, -0.25) is 0 Å². The second kappa shape index (κ2) is 6.28. The molecule has 124 valence electrons. The van der Waals surface area contributed by atoms with E-state index in [0.717, 1.165) is 34.4 Å². The molecule has 0 saturated carbocycles. The molecule has 0 saturated heterocycles. The molecule has 5 nitrogen and oxygen atoms in total. The molecule has 0 unspecified atom stereocenters. The Labute approximate surface area is 145 Å². The van der Waals surface area contributed by atoms with E-state index in [1.165, 1.54) is 0 Å². The summed E-state index contributed by atoms with van der Waals surface area (Å²) in [6, 6.07) is 18.1. The monoisotopic (exact) mass is 330 g/mol. The summed E-state index contributed by atoms with van der Waals surface area (Å²) in [4.78, 5) is 7.50. The van der Waals surface area contributed by atoms with Crippen LogP contribution in [0.1, 0.15) is 12.5 Å². The van der Waals surface area contributed by atoms with Crippen LogP contribution in [0.15, 0.2) is 65.8 Å². The van der Waals surface area contributed by atoms with Crippen LogP contribution in [0.4, 0.5) is 5.82 Å². The Morgan fingerprint density at radius 2 is 1.96 bits per heavy atom. The van der Waals surface area contributed by atoms with Crippen LogP contribution in [0.2, 0.25) is 0 Å². The summed E-state index contributed by atoms with van der Waals surface area (Å²) in [5.74, 6) is 0.878. The van der Waals surface area contributed by atoms with Crippen molar-refractivity contribution in [3.63, 3.8) is 0 Å². The van der Waals surface area contributed by atoms with Crippen LogP contribution < -0.4 is 0 Å². The summed E-state index contributed by atoms with van der Waals surface area (Å²) in [7, 11) is 0. The van der Waals surface area contributed by atoms with Crippen LogP contribution >= 0.6 is 0 Å². The summed E-state index contributed by atoms with van der Waals surface area (Å²) in [6.45, 7) is 2.76. The number of hydrogen-bond acceptors (Lipinski definition) is 3. The van der Waals surface area contributed by atoms with Crippen molar-refractivity contribution >= 4 is 22.9 Å². The highest BCUT2D eigenvalue weighted by molar-refractivity contribution is 6.03. The minimum absolute atomic E-state index is 0.117. The number of aryl methyl sites for hydroxylation is 1. The first-order valence-corrected chi connectivity index (χ1v) is 8.22. The fourth-order valence-electron chi connectivity index (χ4n) is 2.96. The average molecular weight is 330 g/mol. The highest BCUT2D eigenvalue weighted by atomic mass is 16.3. The Hall–Kier alpha value is -3.34. The number of nitrogens with one attached hydrogen (secondary N) is 1. The van der Waals surface area contributed by atoms with Crippen molar-refractivity contribution in [2.45, 2.75) is 13.5 Å². The number of aromatic hydroxyl groups is 1. The molecule has 25 heavy (non-hydrogen) atoms. The molecule has 0 aliphatic rings. The van der Waals surface area contributed by atoms with E-state index in [2.05, 4.69) is 33.3 Å². The van der Waals surface area contributed by atoms with Crippen molar-refractivity contribution < 1.29 is 5.11 Å². The lowest BCUT2D eigenvalue weighted by atomic mass is 10.0. The largest absolute Gasteiger partial charge is 0.494 e. The Balaban J connectivity index is 1.74. The number of aromatic nitrogens is 3. The normalized spacial score (nSPS) is 11.6. The standard InChI is InChI=1S/C20H18N4O/c1-2-24-19(10-11-22-24)21-13-17-16-9-8-15(12-18(16)23-20(17)25)14-6-4-3-5-7-14/h3-13,23,25H,2H2,1H3. The summed E-state index contributed by atoms with van der Waals surface area (Å²) >= 11 is 0. The second-order valence-electron chi connectivity index (χ2n) is 5.78. The van der Waals surface area contributed by atoms with E-state index < -0.39 is 0 Å². The van der Waals surface area contributed by atoms with Crippen LogP contribution in [0.25, 0.3) is 22.0 Å². The van der Waals surface area contributed by atoms with E-state index in [9.17, 15) is 5.11 Å². The van der Waals surface area contributed by atoms with Gasteiger partial charge in [0.1, 0.15) is 5.82 Å². The zero-order chi connectivity index (χ0) is 17.2. The minimum atomic E-state index is 0.117. The van der Waals surface area contributed by atoms with Gasteiger partial charge in [-0.1, -0.05) is 42.5 Å². The smallest absolute Gasteiger partial charge is 0.198 e. The summed E-state index contributed by atoms with van der Waals surface area (Å²) in [6.07, 6.45) is 3.40. The highest BCUT2D eigenvalue weighted by Crippen LogP contribution is 2.30. The van der Waals surface area contributed by atoms with Crippen molar-refractivity contribution in [1.29, 1.82) is 0 Å². The molecule has 0 radical (unpaired) electrons. The van der Waals surface area contributed by atoms with E-state index in [-0.39, 0.29) is 5.88 Å². The van der Waals surface area contributed by atoms with Crippen molar-refractivity contribution in [3.8, 4) is 17.0 Å². The molecule has 2 N–H and O–H groups in total. The predicted octanol–water partition coefficient (Wildman–Crippen LogP) is 4.51. The highest BCUT2D eigenvalue weighted by Gasteiger charge is 2.10. The molecule has 0 bridgehead atoms. The number of aromatic amines is 1. The third kappa shape index (κ3) is 2.80. The van der Waals surface area contributed by atoms with Crippen LogP contribution in [0, 0.1) is 0 Å². The third-order valence-electron chi connectivity index (χ3n) is 4.24. The van der Waals surface area contributed by atoms with Gasteiger partial charge in [-0.25, -0.2) is 9.67 Å². The fourth-order valence-corrected chi connectivity index (χ4v) is 2.96. The molecule has 2 heterocycles. The maximum absolute atomic E-state index is 10.3. The number of hydrogen-bond donors (Lipinski definition) is 2. The number of H-pyrrole nitrogens is 1. The van der Waals surface area contributed by atoms with Gasteiger partial charge in [0.2, 0.25) is 0 Å². The molecule has 0 fully saturated rings. The minimum Gasteiger partial charge on any atom is -0.494 e. The van der Waals surface area contributed by atoms with Gasteiger partial charge in [0.25, 0.3) is 0 Å². The summed E-state index contributed by atoms with van der Waals surface area (Å²) in [5.41, 5.74) is 3.80. The molecule has 4 rings (SSSR count). The molecule has 0 aliphatic heterocycles. The van der Waals surface area contributed by atoms with Gasteiger partial charge in [-0.2, -0.15) is 5.10 Å². The van der Waals surface area contributed by atoms with E-state index in [0.29, 0.717) is 5.56 Å². The first-order valence-electron chi connectivity index (χ1n) is 8.22. The van der Waals surface area contributed by atoms with Gasteiger partial charge < -0.3 is 10.1 Å². The van der Waals surface area contributed by atoms with E-state index >= 15 is 0 Å². The molecule has 2 aromatic carbocycles. The third-order valence-corrected chi connectivity index (χ3v) is 4.24. The number of aliphatic imine (C=N–C) groups is 1. The molecule has 5 heteroatoms. The van der Waals surface area contributed by atoms with Crippen LogP contribution in [-0.4, -0.2) is 26.1 Å². The molecule has 0 atom stereocenters. The first-order chi connectivity index (χ1) is 12.3. The van der Waals surface area contributed by atoms with Crippen LogP contribution in [0.5, 0.6) is 5.88 Å². The predicted molar refractivity (Wildman–Crippen MR) is 101 cm³/mol. The lowest BCUT2D eigenvalue weighted by Gasteiger charge is -2.01. The lowest BCUT2D eigenvalue weighted by Crippen LogP contribution is -1.94. The Kier molecular flexibility index (Phi) is 3.82. The van der Waals surface area contributed by atoms with Crippen LogP contribution in [0.3, 0.4) is 0 Å². The maximum Gasteiger partial charge on any atom is 0.198 e. The van der Waals surface area contributed by atoms with Gasteiger partial charge >= 0.3 is 0 Å². The van der Waals surface area contributed by atoms with Gasteiger partial charge in [0.05, 0.1) is 11.8 Å². The topological polar surface area (TPSA) is 66.2 Å². The Bertz CT molecular complexity index is 1040. The fraction of sp³-hybridized carbons (Fsp3) is 0.100. The number of benzene rings is 2. The summed E-state index contributed by atoms with van der Waals surface area (Å²) in [5, 5.41) is 15.4. The molecule has 0 amide bonds. The number of rotatable bonds is 4. The molecular formula is C20H18N4O. The zero-order valence-corrected chi connectivity index (χ0v) is 13.8. The molecule has 0 aliphatic carbocycles. The number of nitrogens with zero attached hydrogens (tertiary/aromatic N) is 3. The second-order valence-corrected chi connectivity index (χ2v) is 5.78. The van der Waals surface area contributed by atoms with Gasteiger partial charge in [0.15, 0.2) is 5.88 Å². The van der Waals surface area contributed by atoms with E-state index in [1.54, 1.807) is 17.1 Å². The van der Waals surface area contributed by atoms with Crippen LogP contribution in [-0.2, 0) is 6.54 Å². The van der Waals surface area contributed by atoms with Crippen molar-refractivity contribution in [1.82, 2.24) is 14.8 Å². The Morgan fingerprint density at radius 1 is 1.12 bits per heavy atom. The van der Waals surface area contributed by atoms with Crippen molar-refractivity contribution in [2.24, 2.45) is 4.99 Å². The van der Waals surface area contributed by atoms with Gasteiger partial charge in [-0.05, 0) is 24.1 Å². The van der Waals surface area contributed by atoms with Crippen molar-refractivity contribution in [2.75, 3.05) is 0 Å². The molecular weight excluding hydrogens is 312 g/mol. The molecule has 2 aromatic heterocycles. The van der Waals surface area contributed by atoms with Crippen molar-refractivity contribution in [3.05, 3.63) is 66.4 Å².